The molecule has 0 atom stereocenters. The van der Waals surface area contributed by atoms with Crippen molar-refractivity contribution in [2.75, 3.05) is 0 Å². The molecule has 0 saturated carbocycles. The summed E-state index contributed by atoms with van der Waals surface area (Å²) in [5, 5.41) is 4.85. The van der Waals surface area contributed by atoms with E-state index >= 15 is 0 Å². The van der Waals surface area contributed by atoms with Crippen LogP contribution in [0.2, 0.25) is 10.3 Å². The highest BCUT2D eigenvalue weighted by Crippen LogP contribution is 2.22. The van der Waals surface area contributed by atoms with Gasteiger partial charge in [0.25, 0.3) is 0 Å². The standard InChI is InChI=1S/C9H8Cl2N4/c1-5-6(4-15(2)14-5)9-12-7(10)3-8(11)13-9/h3-4H,1-2H3. The second-order valence-electron chi connectivity index (χ2n) is 3.14. The fourth-order valence-electron chi connectivity index (χ4n) is 1.33. The third kappa shape index (κ3) is 2.11. The van der Waals surface area contributed by atoms with Gasteiger partial charge >= 0.3 is 0 Å². The number of halogens is 2. The summed E-state index contributed by atoms with van der Waals surface area (Å²) in [5.74, 6) is 0.498. The minimum Gasteiger partial charge on any atom is -0.275 e. The molecule has 2 aromatic heterocycles. The molecule has 0 aliphatic rings. The fourth-order valence-corrected chi connectivity index (χ4v) is 1.75. The van der Waals surface area contributed by atoms with Gasteiger partial charge in [-0.3, -0.25) is 4.68 Å². The van der Waals surface area contributed by atoms with E-state index in [2.05, 4.69) is 15.1 Å². The van der Waals surface area contributed by atoms with Crippen LogP contribution in [0.5, 0.6) is 0 Å². The quantitative estimate of drug-likeness (QED) is 0.722. The van der Waals surface area contributed by atoms with Crippen molar-refractivity contribution in [3.8, 4) is 11.4 Å². The van der Waals surface area contributed by atoms with Gasteiger partial charge in [-0.2, -0.15) is 5.10 Å². The Kier molecular flexibility index (Phi) is 2.63. The van der Waals surface area contributed by atoms with E-state index in [4.69, 9.17) is 23.2 Å². The highest BCUT2D eigenvalue weighted by atomic mass is 35.5. The van der Waals surface area contributed by atoms with E-state index in [-0.39, 0.29) is 0 Å². The number of hydrogen-bond acceptors (Lipinski definition) is 3. The van der Waals surface area contributed by atoms with E-state index in [1.54, 1.807) is 4.68 Å². The second kappa shape index (κ2) is 3.79. The molecule has 2 aromatic rings. The monoisotopic (exact) mass is 242 g/mol. The van der Waals surface area contributed by atoms with Crippen LogP contribution in [0.4, 0.5) is 0 Å². The van der Waals surface area contributed by atoms with E-state index in [0.29, 0.717) is 16.1 Å². The molecule has 0 spiro atoms. The first-order valence-corrected chi connectivity index (χ1v) is 5.02. The summed E-state index contributed by atoms with van der Waals surface area (Å²) in [6.45, 7) is 1.88. The summed E-state index contributed by atoms with van der Waals surface area (Å²) in [4.78, 5) is 8.19. The Morgan fingerprint density at radius 2 is 1.80 bits per heavy atom. The lowest BCUT2D eigenvalue weighted by atomic mass is 10.2. The van der Waals surface area contributed by atoms with Gasteiger partial charge in [-0.25, -0.2) is 9.97 Å². The predicted molar refractivity (Wildman–Crippen MR) is 59.0 cm³/mol. The third-order valence-electron chi connectivity index (χ3n) is 1.92. The van der Waals surface area contributed by atoms with Crippen molar-refractivity contribution in [2.45, 2.75) is 6.92 Å². The number of aromatic nitrogens is 4. The molecule has 0 aliphatic heterocycles. The van der Waals surface area contributed by atoms with Crippen LogP contribution < -0.4 is 0 Å². The Balaban J connectivity index is 2.58. The topological polar surface area (TPSA) is 43.6 Å². The molecule has 2 heterocycles. The molecule has 0 saturated heterocycles. The molecular weight excluding hydrogens is 235 g/mol. The number of hydrogen-bond donors (Lipinski definition) is 0. The van der Waals surface area contributed by atoms with E-state index in [0.717, 1.165) is 11.3 Å². The average Bonchev–Trinajstić information content (AvgIpc) is 2.43. The zero-order valence-electron chi connectivity index (χ0n) is 8.20. The van der Waals surface area contributed by atoms with Crippen LogP contribution >= 0.6 is 23.2 Å². The molecule has 4 nitrogen and oxygen atoms in total. The van der Waals surface area contributed by atoms with Gasteiger partial charge in [0.15, 0.2) is 5.82 Å². The van der Waals surface area contributed by atoms with E-state index in [1.165, 1.54) is 6.07 Å². The maximum absolute atomic E-state index is 5.80. The van der Waals surface area contributed by atoms with Crippen molar-refractivity contribution in [2.24, 2.45) is 7.05 Å². The Hall–Kier alpha value is -1.13. The highest BCUT2D eigenvalue weighted by molar-refractivity contribution is 6.33. The normalized spacial score (nSPS) is 10.7. The molecule has 0 unspecified atom stereocenters. The predicted octanol–water partition coefficient (Wildman–Crippen LogP) is 2.49. The van der Waals surface area contributed by atoms with Crippen LogP contribution in [0, 0.1) is 6.92 Å². The van der Waals surface area contributed by atoms with Gasteiger partial charge in [0.05, 0.1) is 11.3 Å². The zero-order valence-corrected chi connectivity index (χ0v) is 9.71. The molecule has 0 fully saturated rings. The van der Waals surface area contributed by atoms with Crippen molar-refractivity contribution >= 4 is 23.2 Å². The molecule has 0 bridgehead atoms. The minimum absolute atomic E-state index is 0.327. The average molecular weight is 243 g/mol. The minimum atomic E-state index is 0.327. The van der Waals surface area contributed by atoms with Crippen molar-refractivity contribution in [1.29, 1.82) is 0 Å². The lowest BCUT2D eigenvalue weighted by Gasteiger charge is -1.98. The SMILES string of the molecule is Cc1nn(C)cc1-c1nc(Cl)cc(Cl)n1. The van der Waals surface area contributed by atoms with Crippen molar-refractivity contribution < 1.29 is 0 Å². The molecule has 0 radical (unpaired) electrons. The van der Waals surface area contributed by atoms with Gasteiger partial charge in [0.2, 0.25) is 0 Å². The first-order chi connectivity index (χ1) is 7.06. The van der Waals surface area contributed by atoms with Gasteiger partial charge in [-0.05, 0) is 6.92 Å². The summed E-state index contributed by atoms with van der Waals surface area (Å²) in [5.41, 5.74) is 1.68. The van der Waals surface area contributed by atoms with Crippen LogP contribution in [-0.2, 0) is 7.05 Å². The molecule has 6 heteroatoms. The summed E-state index contributed by atoms with van der Waals surface area (Å²) in [6, 6.07) is 1.50. The number of rotatable bonds is 1. The Labute approximate surface area is 96.9 Å². The second-order valence-corrected chi connectivity index (χ2v) is 3.91. The van der Waals surface area contributed by atoms with Crippen LogP contribution in [0.25, 0.3) is 11.4 Å². The lowest BCUT2D eigenvalue weighted by molar-refractivity contribution is 0.756. The lowest BCUT2D eigenvalue weighted by Crippen LogP contribution is -1.90. The molecular formula is C9H8Cl2N4. The van der Waals surface area contributed by atoms with Gasteiger partial charge < -0.3 is 0 Å². The Morgan fingerprint density at radius 1 is 1.20 bits per heavy atom. The number of aryl methyl sites for hydroxylation is 2. The summed E-state index contributed by atoms with van der Waals surface area (Å²) >= 11 is 11.6. The first-order valence-electron chi connectivity index (χ1n) is 4.27. The van der Waals surface area contributed by atoms with Crippen molar-refractivity contribution in [1.82, 2.24) is 19.7 Å². The third-order valence-corrected chi connectivity index (χ3v) is 2.31. The number of nitrogens with zero attached hydrogens (tertiary/aromatic N) is 4. The van der Waals surface area contributed by atoms with Crippen molar-refractivity contribution in [3.05, 3.63) is 28.3 Å². The van der Waals surface area contributed by atoms with E-state index in [1.807, 2.05) is 20.2 Å². The summed E-state index contributed by atoms with van der Waals surface area (Å²) < 4.78 is 1.70. The molecule has 0 aliphatic carbocycles. The van der Waals surface area contributed by atoms with E-state index in [9.17, 15) is 0 Å². The van der Waals surface area contributed by atoms with Gasteiger partial charge in [0.1, 0.15) is 10.3 Å². The van der Waals surface area contributed by atoms with Crippen LogP contribution in [0.15, 0.2) is 12.3 Å². The van der Waals surface area contributed by atoms with Gasteiger partial charge in [0, 0.05) is 19.3 Å². The largest absolute Gasteiger partial charge is 0.275 e. The molecule has 78 valence electrons. The molecule has 15 heavy (non-hydrogen) atoms. The van der Waals surface area contributed by atoms with Crippen molar-refractivity contribution in [3.63, 3.8) is 0 Å². The zero-order chi connectivity index (χ0) is 11.0. The maximum Gasteiger partial charge on any atom is 0.165 e. The Morgan fingerprint density at radius 3 is 2.27 bits per heavy atom. The molecule has 0 aromatic carbocycles. The Bertz CT molecular complexity index is 487. The van der Waals surface area contributed by atoms with Crippen LogP contribution in [-0.4, -0.2) is 19.7 Å². The highest BCUT2D eigenvalue weighted by Gasteiger charge is 2.10. The van der Waals surface area contributed by atoms with Gasteiger partial charge in [-0.1, -0.05) is 23.2 Å². The van der Waals surface area contributed by atoms with E-state index < -0.39 is 0 Å². The van der Waals surface area contributed by atoms with Gasteiger partial charge in [-0.15, -0.1) is 0 Å². The molecule has 0 N–H and O–H groups in total. The smallest absolute Gasteiger partial charge is 0.165 e. The molecule has 0 amide bonds. The fraction of sp³-hybridized carbons (Fsp3) is 0.222. The van der Waals surface area contributed by atoms with Crippen LogP contribution in [0.1, 0.15) is 5.69 Å². The first kappa shape index (κ1) is 10.4. The van der Waals surface area contributed by atoms with Crippen LogP contribution in [0.3, 0.4) is 0 Å². The molecule has 2 rings (SSSR count). The summed E-state index contributed by atoms with van der Waals surface area (Å²) in [7, 11) is 1.84. The maximum atomic E-state index is 5.80. The summed E-state index contributed by atoms with van der Waals surface area (Å²) in [6.07, 6.45) is 1.83.